The number of rotatable bonds is 11. The van der Waals surface area contributed by atoms with Crippen molar-refractivity contribution in [2.75, 3.05) is 20.1 Å². The van der Waals surface area contributed by atoms with E-state index >= 15 is 0 Å². The predicted octanol–water partition coefficient (Wildman–Crippen LogP) is 5.09. The Morgan fingerprint density at radius 3 is 2.37 bits per heavy atom. The van der Waals surface area contributed by atoms with Gasteiger partial charge in [0.1, 0.15) is 5.82 Å². The van der Waals surface area contributed by atoms with Gasteiger partial charge in [-0.1, -0.05) is 47.5 Å². The van der Waals surface area contributed by atoms with Crippen LogP contribution in [-0.4, -0.2) is 60.7 Å². The summed E-state index contributed by atoms with van der Waals surface area (Å²) in [6.45, 7) is 3.74. The van der Waals surface area contributed by atoms with Gasteiger partial charge < -0.3 is 15.5 Å². The maximum absolute atomic E-state index is 13.8. The summed E-state index contributed by atoms with van der Waals surface area (Å²) in [5.74, 6) is -1.66. The quantitative estimate of drug-likeness (QED) is 0.291. The molecule has 7 nitrogen and oxygen atoms in total. The minimum Gasteiger partial charge on any atom is -0.478 e. The molecule has 0 amide bonds. The van der Waals surface area contributed by atoms with E-state index in [-0.39, 0.29) is 33.6 Å². The molecule has 0 saturated carbocycles. The van der Waals surface area contributed by atoms with Crippen molar-refractivity contribution in [1.82, 2.24) is 9.62 Å². The summed E-state index contributed by atoms with van der Waals surface area (Å²) in [5.41, 5.74) is 1.28. The molecular formula is C27H29Cl2FN2O5S. The van der Waals surface area contributed by atoms with Crippen LogP contribution in [0.3, 0.4) is 0 Å². The standard InChI is InChI=1S/C27H29Cl2FN2O5S/c1-27(2,14-17-7-10-23(28)25(30)11-17)31-15-20(33)16-32(3)38(36,37)21-6-4-5-18(12-21)19-8-9-22(26(34)35)24(29)13-19/h4-13,20,31,33H,14-16H2,1-3H3,(H,34,35). The van der Waals surface area contributed by atoms with Crippen molar-refractivity contribution in [3.8, 4) is 11.1 Å². The highest BCUT2D eigenvalue weighted by Gasteiger charge is 2.25. The number of carboxylic acid groups (broad SMARTS) is 1. The summed E-state index contributed by atoms with van der Waals surface area (Å²) < 4.78 is 41.3. The van der Waals surface area contributed by atoms with Crippen molar-refractivity contribution >= 4 is 39.2 Å². The van der Waals surface area contributed by atoms with Gasteiger partial charge in [-0.25, -0.2) is 17.6 Å². The van der Waals surface area contributed by atoms with E-state index in [2.05, 4.69) is 5.32 Å². The van der Waals surface area contributed by atoms with Gasteiger partial charge >= 0.3 is 5.97 Å². The Balaban J connectivity index is 1.66. The summed E-state index contributed by atoms with van der Waals surface area (Å²) in [6.07, 6.45) is -0.548. The number of benzene rings is 3. The van der Waals surface area contributed by atoms with Gasteiger partial charge in [-0.2, -0.15) is 4.31 Å². The molecule has 0 heterocycles. The van der Waals surface area contributed by atoms with E-state index in [0.717, 1.165) is 9.87 Å². The normalized spacial score (nSPS) is 13.1. The Bertz CT molecular complexity index is 1430. The molecule has 0 aromatic heterocycles. The maximum atomic E-state index is 13.8. The van der Waals surface area contributed by atoms with Crippen LogP contribution in [0.5, 0.6) is 0 Å². The van der Waals surface area contributed by atoms with Crippen LogP contribution in [0.25, 0.3) is 11.1 Å². The van der Waals surface area contributed by atoms with Gasteiger partial charge in [0.25, 0.3) is 0 Å². The highest BCUT2D eigenvalue weighted by Crippen LogP contribution is 2.28. The smallest absolute Gasteiger partial charge is 0.337 e. The molecule has 3 aromatic carbocycles. The lowest BCUT2D eigenvalue weighted by Crippen LogP contribution is -2.47. The Hall–Kier alpha value is -2.53. The number of nitrogens with zero attached hydrogens (tertiary/aromatic N) is 1. The number of aliphatic hydroxyl groups excluding tert-OH is 1. The number of aromatic carboxylic acids is 1. The van der Waals surface area contributed by atoms with E-state index in [0.29, 0.717) is 17.5 Å². The van der Waals surface area contributed by atoms with Crippen LogP contribution in [-0.2, 0) is 16.4 Å². The van der Waals surface area contributed by atoms with Crippen LogP contribution in [0.2, 0.25) is 10.0 Å². The zero-order valence-electron chi connectivity index (χ0n) is 21.1. The van der Waals surface area contributed by atoms with E-state index in [1.165, 1.54) is 43.4 Å². The minimum atomic E-state index is -3.94. The van der Waals surface area contributed by atoms with E-state index in [9.17, 15) is 22.7 Å². The lowest BCUT2D eigenvalue weighted by atomic mass is 9.94. The van der Waals surface area contributed by atoms with Crippen molar-refractivity contribution in [3.05, 3.63) is 87.7 Å². The summed E-state index contributed by atoms with van der Waals surface area (Å²) in [7, 11) is -2.56. The van der Waals surface area contributed by atoms with Crippen LogP contribution >= 0.6 is 23.2 Å². The van der Waals surface area contributed by atoms with Gasteiger partial charge in [0.05, 0.1) is 26.6 Å². The minimum absolute atomic E-state index is 0.0150. The second kappa shape index (κ2) is 12.1. The molecule has 0 spiro atoms. The maximum Gasteiger partial charge on any atom is 0.337 e. The number of sulfonamides is 1. The number of β-amino-alcohol motifs (C(OH)–C–C–N with tert-alkyl or cyclic N) is 1. The molecule has 0 aliphatic heterocycles. The van der Waals surface area contributed by atoms with Gasteiger partial charge in [-0.3, -0.25) is 0 Å². The first-order chi connectivity index (χ1) is 17.7. The van der Waals surface area contributed by atoms with Crippen LogP contribution < -0.4 is 5.32 Å². The second-order valence-corrected chi connectivity index (χ2v) is 12.5. The molecule has 3 aromatic rings. The van der Waals surface area contributed by atoms with Crippen molar-refractivity contribution < 1.29 is 27.8 Å². The van der Waals surface area contributed by atoms with Crippen molar-refractivity contribution in [3.63, 3.8) is 0 Å². The molecule has 0 radical (unpaired) electrons. The van der Waals surface area contributed by atoms with E-state index < -0.39 is 33.5 Å². The predicted molar refractivity (Wildman–Crippen MR) is 147 cm³/mol. The lowest BCUT2D eigenvalue weighted by Gasteiger charge is -2.29. The Kier molecular flexibility index (Phi) is 9.57. The Morgan fingerprint density at radius 2 is 1.74 bits per heavy atom. The molecule has 3 rings (SSSR count). The molecule has 204 valence electrons. The number of hydrogen-bond acceptors (Lipinski definition) is 5. The van der Waals surface area contributed by atoms with E-state index in [1.807, 2.05) is 13.8 Å². The van der Waals surface area contributed by atoms with Gasteiger partial charge in [0.2, 0.25) is 10.0 Å². The van der Waals surface area contributed by atoms with E-state index in [1.54, 1.807) is 24.3 Å². The molecule has 38 heavy (non-hydrogen) atoms. The van der Waals surface area contributed by atoms with Crippen molar-refractivity contribution in [1.29, 1.82) is 0 Å². The topological polar surface area (TPSA) is 107 Å². The molecule has 0 bridgehead atoms. The number of carbonyl (C=O) groups is 1. The molecule has 0 saturated heterocycles. The van der Waals surface area contributed by atoms with Crippen LogP contribution in [0, 0.1) is 5.82 Å². The fourth-order valence-electron chi connectivity index (χ4n) is 3.96. The monoisotopic (exact) mass is 582 g/mol. The molecular weight excluding hydrogens is 554 g/mol. The summed E-state index contributed by atoms with van der Waals surface area (Å²) in [5, 5.41) is 23.0. The average Bonchev–Trinajstić information content (AvgIpc) is 2.84. The number of hydrogen-bond donors (Lipinski definition) is 3. The highest BCUT2D eigenvalue weighted by molar-refractivity contribution is 7.89. The zero-order valence-corrected chi connectivity index (χ0v) is 23.4. The molecule has 0 aliphatic rings. The molecule has 1 atom stereocenters. The number of aliphatic hydroxyl groups is 1. The van der Waals surface area contributed by atoms with Gasteiger partial charge in [0.15, 0.2) is 0 Å². The lowest BCUT2D eigenvalue weighted by molar-refractivity contribution is 0.0697. The largest absolute Gasteiger partial charge is 0.478 e. The molecule has 0 fully saturated rings. The first kappa shape index (κ1) is 30.0. The second-order valence-electron chi connectivity index (χ2n) is 9.66. The number of nitrogens with one attached hydrogen (secondary N) is 1. The molecule has 11 heteroatoms. The zero-order chi connectivity index (χ0) is 28.3. The number of halogens is 3. The van der Waals surface area contributed by atoms with Crippen LogP contribution in [0.15, 0.2) is 65.6 Å². The molecule has 3 N–H and O–H groups in total. The average molecular weight is 584 g/mol. The SMILES string of the molecule is CN(CC(O)CNC(C)(C)Cc1ccc(Cl)c(F)c1)S(=O)(=O)c1cccc(-c2ccc(C(=O)O)c(Cl)c2)c1. The van der Waals surface area contributed by atoms with Crippen molar-refractivity contribution in [2.45, 2.75) is 36.8 Å². The van der Waals surface area contributed by atoms with Gasteiger partial charge in [-0.05, 0) is 73.4 Å². The number of likely N-dealkylation sites (N-methyl/N-ethyl adjacent to an activating group) is 1. The molecule has 0 aliphatic carbocycles. The van der Waals surface area contributed by atoms with Gasteiger partial charge in [0, 0.05) is 25.7 Å². The Morgan fingerprint density at radius 1 is 1.05 bits per heavy atom. The van der Waals surface area contributed by atoms with Gasteiger partial charge in [-0.15, -0.1) is 0 Å². The Labute approximate surface area is 231 Å². The van der Waals surface area contributed by atoms with Crippen LogP contribution in [0.1, 0.15) is 29.8 Å². The fraction of sp³-hybridized carbons (Fsp3) is 0.296. The third-order valence-corrected chi connectivity index (χ3v) is 8.43. The highest BCUT2D eigenvalue weighted by atomic mass is 35.5. The first-order valence-corrected chi connectivity index (χ1v) is 13.9. The van der Waals surface area contributed by atoms with E-state index in [4.69, 9.17) is 28.3 Å². The summed E-state index contributed by atoms with van der Waals surface area (Å²) >= 11 is 11.8. The summed E-state index contributed by atoms with van der Waals surface area (Å²) in [6, 6.07) is 15.2. The third-order valence-electron chi connectivity index (χ3n) is 5.99. The summed E-state index contributed by atoms with van der Waals surface area (Å²) in [4.78, 5) is 11.2. The number of carboxylic acids is 1. The fourth-order valence-corrected chi connectivity index (χ4v) is 5.59. The molecule has 1 unspecified atom stereocenters. The van der Waals surface area contributed by atoms with Crippen LogP contribution in [0.4, 0.5) is 4.39 Å². The van der Waals surface area contributed by atoms with Crippen molar-refractivity contribution in [2.24, 2.45) is 0 Å². The third kappa shape index (κ3) is 7.53. The first-order valence-electron chi connectivity index (χ1n) is 11.7.